The van der Waals surface area contributed by atoms with E-state index in [1.54, 1.807) is 20.3 Å². The number of benzene rings is 1. The number of likely N-dealkylation sites (tertiary alicyclic amines) is 1. The van der Waals surface area contributed by atoms with E-state index in [0.717, 1.165) is 38.0 Å². The molecule has 1 atom stereocenters. The summed E-state index contributed by atoms with van der Waals surface area (Å²) in [7, 11) is 3.19. The smallest absolute Gasteiger partial charge is 0.241 e. The first-order chi connectivity index (χ1) is 13.6. The number of aromatic nitrogens is 2. The van der Waals surface area contributed by atoms with Gasteiger partial charge in [0.25, 0.3) is 0 Å². The molecule has 1 aliphatic rings. The third-order valence-electron chi connectivity index (χ3n) is 5.18. The molecule has 3 rings (SSSR count). The van der Waals surface area contributed by atoms with Crippen LogP contribution in [0.25, 0.3) is 11.4 Å². The number of rotatable bonds is 8. The van der Waals surface area contributed by atoms with Gasteiger partial charge in [-0.3, -0.25) is 9.69 Å². The average Bonchev–Trinajstić information content (AvgIpc) is 3.38. The summed E-state index contributed by atoms with van der Waals surface area (Å²) in [6.07, 6.45) is 1.85. The number of likely N-dealkylation sites (N-methyl/N-ethyl adjacent to an activating group) is 1. The van der Waals surface area contributed by atoms with Crippen molar-refractivity contribution in [2.75, 3.05) is 33.9 Å². The van der Waals surface area contributed by atoms with Gasteiger partial charge >= 0.3 is 0 Å². The van der Waals surface area contributed by atoms with Crippen molar-refractivity contribution < 1.29 is 18.8 Å². The molecule has 1 aromatic heterocycles. The Bertz CT molecular complexity index is 803. The van der Waals surface area contributed by atoms with Crippen LogP contribution in [-0.4, -0.2) is 65.7 Å². The molecule has 1 aromatic carbocycles. The lowest BCUT2D eigenvalue weighted by Crippen LogP contribution is -2.45. The standard InChI is InChI=1S/C20H28N4O4/c1-5-23(6-2)20(25)16-8-7-11-24(16)13-18-21-19(22-28-18)15-10-9-14(26-3)12-17(15)27-4/h9-10,12,16H,5-8,11,13H2,1-4H3. The highest BCUT2D eigenvalue weighted by Crippen LogP contribution is 2.32. The van der Waals surface area contributed by atoms with Crippen LogP contribution in [0, 0.1) is 0 Å². The van der Waals surface area contributed by atoms with Crippen LogP contribution in [0.15, 0.2) is 22.7 Å². The van der Waals surface area contributed by atoms with E-state index >= 15 is 0 Å². The summed E-state index contributed by atoms with van der Waals surface area (Å²) < 4.78 is 16.1. The fourth-order valence-electron chi connectivity index (χ4n) is 3.63. The number of amides is 1. The Morgan fingerprint density at radius 1 is 1.29 bits per heavy atom. The van der Waals surface area contributed by atoms with E-state index in [-0.39, 0.29) is 11.9 Å². The molecule has 1 aliphatic heterocycles. The number of hydrogen-bond donors (Lipinski definition) is 0. The summed E-state index contributed by atoms with van der Waals surface area (Å²) in [5.74, 6) is 2.44. The van der Waals surface area contributed by atoms with Gasteiger partial charge in [0.1, 0.15) is 11.5 Å². The van der Waals surface area contributed by atoms with Crippen molar-refractivity contribution >= 4 is 5.91 Å². The van der Waals surface area contributed by atoms with E-state index < -0.39 is 0 Å². The molecule has 152 valence electrons. The zero-order chi connectivity index (χ0) is 20.1. The molecule has 0 saturated carbocycles. The van der Waals surface area contributed by atoms with Crippen LogP contribution in [0.1, 0.15) is 32.6 Å². The predicted molar refractivity (Wildman–Crippen MR) is 104 cm³/mol. The van der Waals surface area contributed by atoms with Gasteiger partial charge in [0.2, 0.25) is 17.6 Å². The predicted octanol–water partition coefficient (Wildman–Crippen LogP) is 2.59. The van der Waals surface area contributed by atoms with E-state index in [0.29, 0.717) is 29.8 Å². The minimum Gasteiger partial charge on any atom is -0.497 e. The Hall–Kier alpha value is -2.61. The van der Waals surface area contributed by atoms with Crippen molar-refractivity contribution in [3.63, 3.8) is 0 Å². The second kappa shape index (κ2) is 9.05. The van der Waals surface area contributed by atoms with Crippen LogP contribution in [0.5, 0.6) is 11.5 Å². The molecule has 28 heavy (non-hydrogen) atoms. The maximum Gasteiger partial charge on any atom is 0.241 e. The lowest BCUT2D eigenvalue weighted by atomic mass is 10.2. The van der Waals surface area contributed by atoms with Crippen LogP contribution >= 0.6 is 0 Å². The highest BCUT2D eigenvalue weighted by atomic mass is 16.5. The van der Waals surface area contributed by atoms with Gasteiger partial charge in [-0.1, -0.05) is 5.16 Å². The maximum atomic E-state index is 12.8. The average molecular weight is 388 g/mol. The zero-order valence-corrected chi connectivity index (χ0v) is 17.0. The quantitative estimate of drug-likeness (QED) is 0.687. The monoisotopic (exact) mass is 388 g/mol. The van der Waals surface area contributed by atoms with Gasteiger partial charge in [-0.25, -0.2) is 0 Å². The normalized spacial score (nSPS) is 16.9. The molecular weight excluding hydrogens is 360 g/mol. The second-order valence-corrected chi connectivity index (χ2v) is 6.72. The highest BCUT2D eigenvalue weighted by Gasteiger charge is 2.33. The van der Waals surface area contributed by atoms with Crippen LogP contribution in [0.4, 0.5) is 0 Å². The zero-order valence-electron chi connectivity index (χ0n) is 17.0. The summed E-state index contributed by atoms with van der Waals surface area (Å²) >= 11 is 0. The number of hydrogen-bond acceptors (Lipinski definition) is 7. The molecule has 0 radical (unpaired) electrons. The van der Waals surface area contributed by atoms with Gasteiger partial charge < -0.3 is 18.9 Å². The fourth-order valence-corrected chi connectivity index (χ4v) is 3.63. The Labute approximate surface area is 165 Å². The molecule has 0 spiro atoms. The molecule has 1 saturated heterocycles. The van der Waals surface area contributed by atoms with E-state index in [1.807, 2.05) is 30.9 Å². The number of nitrogens with zero attached hydrogens (tertiary/aromatic N) is 4. The Balaban J connectivity index is 1.75. The highest BCUT2D eigenvalue weighted by molar-refractivity contribution is 5.82. The van der Waals surface area contributed by atoms with Gasteiger partial charge in [-0.2, -0.15) is 4.98 Å². The summed E-state index contributed by atoms with van der Waals surface area (Å²) in [6, 6.07) is 5.33. The summed E-state index contributed by atoms with van der Waals surface area (Å²) in [4.78, 5) is 21.3. The van der Waals surface area contributed by atoms with E-state index in [2.05, 4.69) is 15.0 Å². The molecule has 1 amide bonds. The first-order valence-electron chi connectivity index (χ1n) is 9.69. The number of carbonyl (C=O) groups is 1. The largest absolute Gasteiger partial charge is 0.497 e. The Morgan fingerprint density at radius 3 is 2.75 bits per heavy atom. The molecule has 1 unspecified atom stereocenters. The van der Waals surface area contributed by atoms with Crippen molar-refractivity contribution in [3.05, 3.63) is 24.1 Å². The number of carbonyl (C=O) groups excluding carboxylic acids is 1. The van der Waals surface area contributed by atoms with E-state index in [9.17, 15) is 4.79 Å². The van der Waals surface area contributed by atoms with Crippen LogP contribution in [0.3, 0.4) is 0 Å². The van der Waals surface area contributed by atoms with Crippen molar-refractivity contribution in [1.29, 1.82) is 0 Å². The SMILES string of the molecule is CCN(CC)C(=O)C1CCCN1Cc1nc(-c2ccc(OC)cc2OC)no1. The fraction of sp³-hybridized carbons (Fsp3) is 0.550. The second-order valence-electron chi connectivity index (χ2n) is 6.72. The minimum atomic E-state index is -0.120. The summed E-state index contributed by atoms with van der Waals surface area (Å²) in [5.41, 5.74) is 0.732. The molecule has 0 aliphatic carbocycles. The third-order valence-corrected chi connectivity index (χ3v) is 5.18. The first-order valence-corrected chi connectivity index (χ1v) is 9.69. The maximum absolute atomic E-state index is 12.8. The van der Waals surface area contributed by atoms with Gasteiger partial charge in [0.15, 0.2) is 0 Å². The van der Waals surface area contributed by atoms with E-state index in [1.165, 1.54) is 0 Å². The Kier molecular flexibility index (Phi) is 6.51. The molecule has 8 nitrogen and oxygen atoms in total. The van der Waals surface area contributed by atoms with Crippen molar-refractivity contribution in [2.45, 2.75) is 39.3 Å². The van der Waals surface area contributed by atoms with Gasteiger partial charge in [-0.05, 0) is 45.4 Å². The first kappa shape index (κ1) is 20.1. The Morgan fingerprint density at radius 2 is 2.07 bits per heavy atom. The van der Waals surface area contributed by atoms with E-state index in [4.69, 9.17) is 14.0 Å². The molecule has 2 heterocycles. The number of methoxy groups -OCH3 is 2. The van der Waals surface area contributed by atoms with Gasteiger partial charge in [0.05, 0.1) is 32.4 Å². The molecule has 0 N–H and O–H groups in total. The molecule has 0 bridgehead atoms. The van der Waals surface area contributed by atoms with Crippen molar-refractivity contribution in [3.8, 4) is 22.9 Å². The van der Waals surface area contributed by atoms with Gasteiger partial charge in [-0.15, -0.1) is 0 Å². The van der Waals surface area contributed by atoms with Crippen molar-refractivity contribution in [2.24, 2.45) is 0 Å². The molecular formula is C20H28N4O4. The lowest BCUT2D eigenvalue weighted by molar-refractivity contribution is -0.135. The molecule has 2 aromatic rings. The number of ether oxygens (including phenoxy) is 2. The van der Waals surface area contributed by atoms with Crippen LogP contribution in [0.2, 0.25) is 0 Å². The van der Waals surface area contributed by atoms with Gasteiger partial charge in [0, 0.05) is 19.2 Å². The minimum absolute atomic E-state index is 0.120. The lowest BCUT2D eigenvalue weighted by Gasteiger charge is -2.28. The topological polar surface area (TPSA) is 80.9 Å². The van der Waals surface area contributed by atoms with Crippen molar-refractivity contribution in [1.82, 2.24) is 19.9 Å². The third kappa shape index (κ3) is 4.11. The molecule has 1 fully saturated rings. The van der Waals surface area contributed by atoms with Crippen LogP contribution in [-0.2, 0) is 11.3 Å². The summed E-state index contributed by atoms with van der Waals surface area (Å²) in [5, 5.41) is 4.10. The summed E-state index contributed by atoms with van der Waals surface area (Å²) in [6.45, 7) is 6.77. The van der Waals surface area contributed by atoms with Crippen LogP contribution < -0.4 is 9.47 Å². The molecule has 8 heteroatoms.